The zero-order valence-corrected chi connectivity index (χ0v) is 12.9. The maximum Gasteiger partial charge on any atom is 0.196 e. The Morgan fingerprint density at radius 3 is 2.65 bits per heavy atom. The predicted octanol–water partition coefficient (Wildman–Crippen LogP) is 3.63. The molecule has 102 valence electrons. The van der Waals surface area contributed by atoms with Gasteiger partial charge in [0, 0.05) is 16.8 Å². The van der Waals surface area contributed by atoms with Gasteiger partial charge in [-0.2, -0.15) is 0 Å². The second-order valence-electron chi connectivity index (χ2n) is 4.47. The fraction of sp³-hybridized carbons (Fsp3) is 0.214. The Hall–Kier alpha value is -1.66. The van der Waals surface area contributed by atoms with Crippen LogP contribution in [-0.4, -0.2) is 19.7 Å². The van der Waals surface area contributed by atoms with Crippen LogP contribution in [0, 0.1) is 13.8 Å². The second kappa shape index (κ2) is 5.76. The van der Waals surface area contributed by atoms with Crippen LogP contribution in [0.3, 0.4) is 0 Å². The van der Waals surface area contributed by atoms with Crippen LogP contribution in [0.15, 0.2) is 40.3 Å². The number of hydrogen-bond acceptors (Lipinski definition) is 5. The second-order valence-corrected chi connectivity index (χ2v) is 6.13. The van der Waals surface area contributed by atoms with E-state index >= 15 is 0 Å². The van der Waals surface area contributed by atoms with Crippen LogP contribution in [0.2, 0.25) is 0 Å². The Balaban J connectivity index is 1.87. The molecule has 0 aliphatic heterocycles. The van der Waals surface area contributed by atoms with Crippen molar-refractivity contribution in [1.82, 2.24) is 19.7 Å². The highest BCUT2D eigenvalue weighted by atomic mass is 32.2. The van der Waals surface area contributed by atoms with Gasteiger partial charge in [-0.1, -0.05) is 29.5 Å². The summed E-state index contributed by atoms with van der Waals surface area (Å²) in [5.41, 5.74) is 5.28. The van der Waals surface area contributed by atoms with E-state index in [0.717, 1.165) is 28.1 Å². The SMILES string of the molecule is Cc1ccc(-n2c(C)nnc2SCc2cscn2)cc1. The summed E-state index contributed by atoms with van der Waals surface area (Å²) >= 11 is 3.27. The van der Waals surface area contributed by atoms with Crippen molar-refractivity contribution in [2.24, 2.45) is 0 Å². The third-order valence-corrected chi connectivity index (χ3v) is 4.52. The number of thiazole rings is 1. The van der Waals surface area contributed by atoms with Crippen molar-refractivity contribution in [1.29, 1.82) is 0 Å². The summed E-state index contributed by atoms with van der Waals surface area (Å²) in [5, 5.41) is 11.4. The van der Waals surface area contributed by atoms with E-state index in [1.165, 1.54) is 5.56 Å². The smallest absolute Gasteiger partial charge is 0.196 e. The molecule has 0 N–H and O–H groups in total. The minimum Gasteiger partial charge on any atom is -0.274 e. The van der Waals surface area contributed by atoms with Crippen molar-refractivity contribution in [2.75, 3.05) is 0 Å². The molecule has 0 saturated heterocycles. The van der Waals surface area contributed by atoms with Gasteiger partial charge in [-0.25, -0.2) is 4.98 Å². The van der Waals surface area contributed by atoms with Crippen LogP contribution in [0.25, 0.3) is 5.69 Å². The molecule has 0 radical (unpaired) electrons. The number of rotatable bonds is 4. The summed E-state index contributed by atoms with van der Waals surface area (Å²) in [4.78, 5) is 4.29. The van der Waals surface area contributed by atoms with Crippen molar-refractivity contribution in [2.45, 2.75) is 24.8 Å². The molecule has 0 amide bonds. The normalized spacial score (nSPS) is 10.9. The molecule has 0 aliphatic carbocycles. The Bertz CT molecular complexity index is 687. The quantitative estimate of drug-likeness (QED) is 0.690. The highest BCUT2D eigenvalue weighted by Gasteiger charge is 2.11. The van der Waals surface area contributed by atoms with Crippen molar-refractivity contribution < 1.29 is 0 Å². The van der Waals surface area contributed by atoms with E-state index in [4.69, 9.17) is 0 Å². The van der Waals surface area contributed by atoms with Gasteiger partial charge in [0.2, 0.25) is 0 Å². The molecule has 1 aromatic carbocycles. The largest absolute Gasteiger partial charge is 0.274 e. The Morgan fingerprint density at radius 2 is 1.95 bits per heavy atom. The summed E-state index contributed by atoms with van der Waals surface area (Å²) in [7, 11) is 0. The van der Waals surface area contributed by atoms with E-state index < -0.39 is 0 Å². The van der Waals surface area contributed by atoms with Crippen LogP contribution < -0.4 is 0 Å². The molecule has 2 heterocycles. The topological polar surface area (TPSA) is 43.6 Å². The molecule has 3 aromatic rings. The summed E-state index contributed by atoms with van der Waals surface area (Å²) in [6, 6.07) is 8.39. The number of aryl methyl sites for hydroxylation is 2. The van der Waals surface area contributed by atoms with Crippen molar-refractivity contribution in [3.05, 3.63) is 52.2 Å². The van der Waals surface area contributed by atoms with Gasteiger partial charge in [-0.05, 0) is 26.0 Å². The Labute approximate surface area is 125 Å². The van der Waals surface area contributed by atoms with Crippen LogP contribution in [0.1, 0.15) is 17.1 Å². The molecule has 0 atom stereocenters. The standard InChI is InChI=1S/C14H14N4S2/c1-10-3-5-13(6-4-10)18-11(2)16-17-14(18)20-8-12-7-19-9-15-12/h3-7,9H,8H2,1-2H3. The summed E-state index contributed by atoms with van der Waals surface area (Å²) in [6.07, 6.45) is 0. The summed E-state index contributed by atoms with van der Waals surface area (Å²) < 4.78 is 2.08. The van der Waals surface area contributed by atoms with E-state index in [-0.39, 0.29) is 0 Å². The molecule has 0 bridgehead atoms. The fourth-order valence-electron chi connectivity index (χ4n) is 1.87. The third-order valence-electron chi connectivity index (χ3n) is 2.92. The monoisotopic (exact) mass is 302 g/mol. The van der Waals surface area contributed by atoms with Gasteiger partial charge in [0.1, 0.15) is 5.82 Å². The number of nitrogens with zero attached hydrogens (tertiary/aromatic N) is 4. The van der Waals surface area contributed by atoms with Gasteiger partial charge in [0.25, 0.3) is 0 Å². The van der Waals surface area contributed by atoms with E-state index in [1.54, 1.807) is 23.1 Å². The molecule has 0 spiro atoms. The van der Waals surface area contributed by atoms with Crippen molar-refractivity contribution >= 4 is 23.1 Å². The molecule has 0 fully saturated rings. The lowest BCUT2D eigenvalue weighted by molar-refractivity contribution is 0.867. The summed E-state index contributed by atoms with van der Waals surface area (Å²) in [6.45, 7) is 4.06. The lowest BCUT2D eigenvalue weighted by atomic mass is 10.2. The third kappa shape index (κ3) is 2.76. The van der Waals surface area contributed by atoms with E-state index in [2.05, 4.69) is 56.3 Å². The molecular weight excluding hydrogens is 288 g/mol. The van der Waals surface area contributed by atoms with Gasteiger partial charge in [0.05, 0.1) is 11.2 Å². The first-order valence-corrected chi connectivity index (χ1v) is 8.16. The van der Waals surface area contributed by atoms with Crippen LogP contribution >= 0.6 is 23.1 Å². The lowest BCUT2D eigenvalue weighted by Gasteiger charge is -2.08. The maximum atomic E-state index is 4.29. The van der Waals surface area contributed by atoms with Gasteiger partial charge in [-0.15, -0.1) is 21.5 Å². The Kier molecular flexibility index (Phi) is 3.84. The van der Waals surface area contributed by atoms with E-state index in [0.29, 0.717) is 0 Å². The fourth-order valence-corrected chi connectivity index (χ4v) is 3.44. The molecule has 0 saturated carbocycles. The molecule has 2 aromatic heterocycles. The average molecular weight is 302 g/mol. The number of thioether (sulfide) groups is 1. The van der Waals surface area contributed by atoms with E-state index in [1.807, 2.05) is 12.4 Å². The molecule has 6 heteroatoms. The number of aromatic nitrogens is 4. The van der Waals surface area contributed by atoms with Crippen LogP contribution in [-0.2, 0) is 5.75 Å². The zero-order valence-electron chi connectivity index (χ0n) is 11.3. The number of hydrogen-bond donors (Lipinski definition) is 0. The molecule has 0 unspecified atom stereocenters. The maximum absolute atomic E-state index is 4.29. The van der Waals surface area contributed by atoms with Crippen LogP contribution in [0.4, 0.5) is 0 Å². The minimum absolute atomic E-state index is 0.813. The Morgan fingerprint density at radius 1 is 1.15 bits per heavy atom. The number of benzene rings is 1. The van der Waals surface area contributed by atoms with Gasteiger partial charge in [0.15, 0.2) is 5.16 Å². The summed E-state index contributed by atoms with van der Waals surface area (Å²) in [5.74, 6) is 1.71. The molecule has 20 heavy (non-hydrogen) atoms. The highest BCUT2D eigenvalue weighted by molar-refractivity contribution is 7.98. The molecule has 4 nitrogen and oxygen atoms in total. The average Bonchev–Trinajstić information content (AvgIpc) is 3.07. The predicted molar refractivity (Wildman–Crippen MR) is 82.5 cm³/mol. The van der Waals surface area contributed by atoms with Crippen molar-refractivity contribution in [3.8, 4) is 5.69 Å². The minimum atomic E-state index is 0.813. The first-order valence-electron chi connectivity index (χ1n) is 6.23. The molecule has 0 aliphatic rings. The van der Waals surface area contributed by atoms with Gasteiger partial charge in [-0.3, -0.25) is 4.57 Å². The first-order chi connectivity index (χ1) is 9.74. The zero-order chi connectivity index (χ0) is 13.9. The van der Waals surface area contributed by atoms with Crippen molar-refractivity contribution in [3.63, 3.8) is 0 Å². The highest BCUT2D eigenvalue weighted by Crippen LogP contribution is 2.25. The van der Waals surface area contributed by atoms with E-state index in [9.17, 15) is 0 Å². The first kappa shape index (κ1) is 13.3. The van der Waals surface area contributed by atoms with Gasteiger partial charge >= 0.3 is 0 Å². The molecular formula is C14H14N4S2. The van der Waals surface area contributed by atoms with Crippen LogP contribution in [0.5, 0.6) is 0 Å². The molecule has 3 rings (SSSR count). The van der Waals surface area contributed by atoms with Gasteiger partial charge < -0.3 is 0 Å². The lowest BCUT2D eigenvalue weighted by Crippen LogP contribution is -1.99.